The molecule has 1 aromatic heterocycles. The molecule has 1 fully saturated rings. The number of thiazole rings is 1. The highest BCUT2D eigenvalue weighted by molar-refractivity contribution is 7.15. The quantitative estimate of drug-likeness (QED) is 0.820. The highest BCUT2D eigenvalue weighted by Gasteiger charge is 2.16. The van der Waals surface area contributed by atoms with Crippen molar-refractivity contribution in [3.63, 3.8) is 0 Å². The van der Waals surface area contributed by atoms with Gasteiger partial charge < -0.3 is 0 Å². The van der Waals surface area contributed by atoms with Gasteiger partial charge in [-0.15, -0.1) is 11.3 Å². The minimum atomic E-state index is 0.663. The maximum atomic E-state index is 5.84. The van der Waals surface area contributed by atoms with Crippen LogP contribution in [0, 0.1) is 5.92 Å². The predicted octanol–water partition coefficient (Wildman–Crippen LogP) is 3.81. The Labute approximate surface area is 107 Å². The number of hydrogen-bond acceptors (Lipinski definition) is 3. The molecule has 1 aliphatic heterocycles. The first-order valence-electron chi connectivity index (χ1n) is 6.10. The van der Waals surface area contributed by atoms with Gasteiger partial charge in [0, 0.05) is 17.6 Å². The van der Waals surface area contributed by atoms with Crippen LogP contribution in [0.5, 0.6) is 0 Å². The van der Waals surface area contributed by atoms with Crippen LogP contribution in [-0.4, -0.2) is 23.0 Å². The number of halogens is 1. The van der Waals surface area contributed by atoms with Gasteiger partial charge in [-0.05, 0) is 38.3 Å². The molecule has 1 atom stereocenters. The first-order valence-corrected chi connectivity index (χ1v) is 7.30. The van der Waals surface area contributed by atoms with E-state index in [1.807, 2.05) is 6.20 Å². The molecule has 2 nitrogen and oxygen atoms in total. The second kappa shape index (κ2) is 5.99. The van der Waals surface area contributed by atoms with Crippen LogP contribution in [0.1, 0.15) is 37.5 Å². The second-order valence-corrected chi connectivity index (χ2v) is 6.26. The van der Waals surface area contributed by atoms with Crippen molar-refractivity contribution in [3.8, 4) is 0 Å². The molecule has 0 bridgehead atoms. The van der Waals surface area contributed by atoms with Crippen molar-refractivity contribution in [2.24, 2.45) is 5.92 Å². The fourth-order valence-electron chi connectivity index (χ4n) is 2.37. The Morgan fingerprint density at radius 2 is 2.38 bits per heavy atom. The number of likely N-dealkylation sites (tertiary alicyclic amines) is 1. The van der Waals surface area contributed by atoms with Crippen LogP contribution < -0.4 is 0 Å². The summed E-state index contributed by atoms with van der Waals surface area (Å²) < 4.78 is 0.663. The molecule has 0 saturated carbocycles. The molecular weight excluding hydrogens is 240 g/mol. The summed E-state index contributed by atoms with van der Waals surface area (Å²) in [6.45, 7) is 5.80. The Balaban J connectivity index is 1.86. The van der Waals surface area contributed by atoms with E-state index in [0.29, 0.717) is 4.47 Å². The van der Waals surface area contributed by atoms with E-state index < -0.39 is 0 Å². The van der Waals surface area contributed by atoms with Gasteiger partial charge in [0.1, 0.15) is 0 Å². The van der Waals surface area contributed by atoms with Gasteiger partial charge in [-0.1, -0.05) is 24.9 Å². The Kier molecular flexibility index (Phi) is 4.62. The number of aromatic nitrogens is 1. The van der Waals surface area contributed by atoms with Gasteiger partial charge >= 0.3 is 0 Å². The van der Waals surface area contributed by atoms with Crippen LogP contribution in [0.15, 0.2) is 6.20 Å². The highest BCUT2D eigenvalue weighted by Crippen LogP contribution is 2.23. The molecule has 0 radical (unpaired) electrons. The summed E-state index contributed by atoms with van der Waals surface area (Å²) >= 11 is 7.45. The highest BCUT2D eigenvalue weighted by atomic mass is 35.5. The smallest absolute Gasteiger partial charge is 0.183 e. The van der Waals surface area contributed by atoms with Crippen molar-refractivity contribution in [1.29, 1.82) is 0 Å². The van der Waals surface area contributed by atoms with Crippen molar-refractivity contribution >= 4 is 22.9 Å². The van der Waals surface area contributed by atoms with E-state index in [9.17, 15) is 0 Å². The lowest BCUT2D eigenvalue weighted by Gasteiger charge is -2.18. The number of nitrogens with zero attached hydrogens (tertiary/aromatic N) is 2. The van der Waals surface area contributed by atoms with Crippen LogP contribution in [0.4, 0.5) is 0 Å². The van der Waals surface area contributed by atoms with E-state index in [1.54, 1.807) is 11.3 Å². The van der Waals surface area contributed by atoms with Crippen molar-refractivity contribution < 1.29 is 0 Å². The van der Waals surface area contributed by atoms with Crippen LogP contribution in [0.25, 0.3) is 0 Å². The molecule has 0 amide bonds. The molecule has 1 unspecified atom stereocenters. The van der Waals surface area contributed by atoms with Gasteiger partial charge in [-0.2, -0.15) is 0 Å². The van der Waals surface area contributed by atoms with Crippen molar-refractivity contribution in [2.75, 3.05) is 13.1 Å². The van der Waals surface area contributed by atoms with Crippen molar-refractivity contribution in [1.82, 2.24) is 9.88 Å². The Hall–Kier alpha value is -0.120. The third-order valence-corrected chi connectivity index (χ3v) is 4.52. The zero-order chi connectivity index (χ0) is 11.4. The molecule has 1 saturated heterocycles. The van der Waals surface area contributed by atoms with E-state index in [1.165, 1.54) is 43.6 Å². The summed E-state index contributed by atoms with van der Waals surface area (Å²) in [5, 5.41) is 0. The molecule has 0 aliphatic carbocycles. The third kappa shape index (κ3) is 3.44. The second-order valence-electron chi connectivity index (χ2n) is 4.56. The number of hydrogen-bond donors (Lipinski definition) is 0. The molecule has 2 rings (SSSR count). The van der Waals surface area contributed by atoms with Gasteiger partial charge in [0.25, 0.3) is 0 Å². The van der Waals surface area contributed by atoms with Crippen LogP contribution >= 0.6 is 22.9 Å². The van der Waals surface area contributed by atoms with Gasteiger partial charge in [0.2, 0.25) is 0 Å². The maximum Gasteiger partial charge on any atom is 0.183 e. The molecule has 1 aliphatic rings. The van der Waals surface area contributed by atoms with E-state index >= 15 is 0 Å². The van der Waals surface area contributed by atoms with E-state index in [-0.39, 0.29) is 0 Å². The lowest BCUT2D eigenvalue weighted by atomic mass is 9.98. The van der Waals surface area contributed by atoms with Gasteiger partial charge in [0.05, 0.1) is 0 Å². The molecule has 16 heavy (non-hydrogen) atoms. The predicted molar refractivity (Wildman–Crippen MR) is 70.0 cm³/mol. The lowest BCUT2D eigenvalue weighted by molar-refractivity contribution is 0.274. The van der Waals surface area contributed by atoms with E-state index in [0.717, 1.165) is 12.5 Å². The van der Waals surface area contributed by atoms with Crippen LogP contribution in [0.3, 0.4) is 0 Å². The van der Waals surface area contributed by atoms with Gasteiger partial charge in [-0.25, -0.2) is 4.98 Å². The molecule has 0 aromatic carbocycles. The molecule has 0 N–H and O–H groups in total. The fourth-order valence-corrected chi connectivity index (χ4v) is 3.39. The first kappa shape index (κ1) is 12.3. The summed E-state index contributed by atoms with van der Waals surface area (Å²) in [5.74, 6) is 0.940. The van der Waals surface area contributed by atoms with E-state index in [2.05, 4.69) is 16.8 Å². The van der Waals surface area contributed by atoms with Crippen molar-refractivity contribution in [3.05, 3.63) is 15.5 Å². The lowest BCUT2D eigenvalue weighted by Crippen LogP contribution is -2.23. The monoisotopic (exact) mass is 258 g/mol. The van der Waals surface area contributed by atoms with E-state index in [4.69, 9.17) is 11.6 Å². The average molecular weight is 259 g/mol. The van der Waals surface area contributed by atoms with Gasteiger partial charge in [-0.3, -0.25) is 4.90 Å². The first-order chi connectivity index (χ1) is 7.78. The maximum absolute atomic E-state index is 5.84. The molecule has 4 heteroatoms. The molecule has 2 heterocycles. The van der Waals surface area contributed by atoms with Gasteiger partial charge in [0.15, 0.2) is 4.47 Å². The standard InChI is InChI=1S/C12H19ClN2S/c1-2-10-4-3-6-15(7-5-10)9-11-8-14-12(13)16-11/h8,10H,2-7,9H2,1H3. The van der Waals surface area contributed by atoms with Crippen LogP contribution in [0.2, 0.25) is 4.47 Å². The summed E-state index contributed by atoms with van der Waals surface area (Å²) in [7, 11) is 0. The summed E-state index contributed by atoms with van der Waals surface area (Å²) in [5.41, 5.74) is 0. The fraction of sp³-hybridized carbons (Fsp3) is 0.750. The Morgan fingerprint density at radius 1 is 1.50 bits per heavy atom. The topological polar surface area (TPSA) is 16.1 Å². The van der Waals surface area contributed by atoms with Crippen molar-refractivity contribution in [2.45, 2.75) is 39.2 Å². The minimum Gasteiger partial charge on any atom is -0.298 e. The largest absolute Gasteiger partial charge is 0.298 e. The zero-order valence-corrected chi connectivity index (χ0v) is 11.4. The minimum absolute atomic E-state index is 0.663. The molecular formula is C12H19ClN2S. The summed E-state index contributed by atoms with van der Waals surface area (Å²) in [6.07, 6.45) is 7.33. The molecule has 0 spiro atoms. The average Bonchev–Trinajstić information content (AvgIpc) is 2.55. The molecule has 1 aromatic rings. The SMILES string of the molecule is CCC1CCCN(Cc2cnc(Cl)s2)CC1. The zero-order valence-electron chi connectivity index (χ0n) is 9.79. The van der Waals surface area contributed by atoms with Crippen LogP contribution in [-0.2, 0) is 6.54 Å². The normalized spacial score (nSPS) is 23.2. The summed E-state index contributed by atoms with van der Waals surface area (Å²) in [4.78, 5) is 7.93. The Bertz CT molecular complexity index is 327. The third-order valence-electron chi connectivity index (χ3n) is 3.42. The summed E-state index contributed by atoms with van der Waals surface area (Å²) in [6, 6.07) is 0. The number of rotatable bonds is 3. The Morgan fingerprint density at radius 3 is 3.06 bits per heavy atom. The molecule has 90 valence electrons.